The summed E-state index contributed by atoms with van der Waals surface area (Å²) >= 11 is 6.53. The lowest BCUT2D eigenvalue weighted by molar-refractivity contribution is 0.571. The lowest BCUT2D eigenvalue weighted by Gasteiger charge is -2.13. The minimum absolute atomic E-state index is 0.191. The highest BCUT2D eigenvalue weighted by atomic mass is 35.5. The van der Waals surface area contributed by atoms with Gasteiger partial charge in [-0.1, -0.05) is 75.6 Å². The monoisotopic (exact) mass is 280 g/mol. The number of hydrogen-bond donors (Lipinski definition) is 0. The van der Waals surface area contributed by atoms with Gasteiger partial charge in [-0.3, -0.25) is 0 Å². The van der Waals surface area contributed by atoms with Gasteiger partial charge in [0.2, 0.25) is 0 Å². The Labute approximate surface area is 124 Å². The van der Waals surface area contributed by atoms with Crippen molar-refractivity contribution in [1.29, 1.82) is 0 Å². The largest absolute Gasteiger partial charge is 0.118 e. The van der Waals surface area contributed by atoms with E-state index in [0.717, 1.165) is 6.42 Å². The van der Waals surface area contributed by atoms with Crippen LogP contribution in [0.15, 0.2) is 18.2 Å². The summed E-state index contributed by atoms with van der Waals surface area (Å²) in [6, 6.07) is 6.60. The molecule has 0 aliphatic heterocycles. The van der Waals surface area contributed by atoms with Crippen LogP contribution in [0.5, 0.6) is 0 Å². The summed E-state index contributed by atoms with van der Waals surface area (Å²) in [6.45, 7) is 6.57. The summed E-state index contributed by atoms with van der Waals surface area (Å²) in [7, 11) is 0. The first-order valence-corrected chi connectivity index (χ1v) is 8.30. The van der Waals surface area contributed by atoms with Gasteiger partial charge in [0.25, 0.3) is 0 Å². The van der Waals surface area contributed by atoms with Crippen LogP contribution in [-0.2, 0) is 0 Å². The molecule has 0 saturated carbocycles. The molecule has 0 heterocycles. The molecular formula is C18H29Cl. The fraction of sp³-hybridized carbons (Fsp3) is 0.667. The smallest absolute Gasteiger partial charge is 0.0587 e. The minimum Gasteiger partial charge on any atom is -0.118 e. The summed E-state index contributed by atoms with van der Waals surface area (Å²) in [5, 5.41) is 0.191. The maximum atomic E-state index is 6.53. The lowest BCUT2D eigenvalue weighted by Crippen LogP contribution is -1.95. The molecule has 0 bridgehead atoms. The second kappa shape index (κ2) is 9.42. The predicted octanol–water partition coefficient (Wildman–Crippen LogP) is 6.72. The van der Waals surface area contributed by atoms with Crippen molar-refractivity contribution in [3.8, 4) is 0 Å². The standard InChI is InChI=1S/C18H29Cl/c1-4-5-6-7-8-9-10-11-18(19)17-13-12-15(2)14-16(17)3/h12-14,18H,4-11H2,1-3H3. The Morgan fingerprint density at radius 2 is 1.58 bits per heavy atom. The van der Waals surface area contributed by atoms with Gasteiger partial charge in [0, 0.05) is 0 Å². The average Bonchev–Trinajstić information content (AvgIpc) is 2.37. The van der Waals surface area contributed by atoms with Crippen LogP contribution in [0.2, 0.25) is 0 Å². The third kappa shape index (κ3) is 6.47. The van der Waals surface area contributed by atoms with Crippen LogP contribution >= 0.6 is 11.6 Å². The number of hydrogen-bond acceptors (Lipinski definition) is 0. The SMILES string of the molecule is CCCCCCCCCC(Cl)c1ccc(C)cc1C. The highest BCUT2D eigenvalue weighted by Crippen LogP contribution is 2.29. The van der Waals surface area contributed by atoms with Crippen LogP contribution in [0.25, 0.3) is 0 Å². The van der Waals surface area contributed by atoms with Crippen molar-refractivity contribution < 1.29 is 0 Å². The zero-order chi connectivity index (χ0) is 14.1. The average molecular weight is 281 g/mol. The Bertz CT molecular complexity index is 357. The molecule has 19 heavy (non-hydrogen) atoms. The molecule has 0 N–H and O–H groups in total. The number of alkyl halides is 1. The maximum Gasteiger partial charge on any atom is 0.0587 e. The molecule has 1 aromatic rings. The molecule has 108 valence electrons. The molecule has 0 aliphatic rings. The van der Waals surface area contributed by atoms with Crippen molar-refractivity contribution in [1.82, 2.24) is 0 Å². The first kappa shape index (κ1) is 16.6. The highest BCUT2D eigenvalue weighted by molar-refractivity contribution is 6.20. The van der Waals surface area contributed by atoms with E-state index in [0.29, 0.717) is 0 Å². The van der Waals surface area contributed by atoms with E-state index in [1.54, 1.807) is 0 Å². The summed E-state index contributed by atoms with van der Waals surface area (Å²) in [4.78, 5) is 0. The van der Waals surface area contributed by atoms with Gasteiger partial charge in [0.1, 0.15) is 0 Å². The van der Waals surface area contributed by atoms with E-state index >= 15 is 0 Å². The van der Waals surface area contributed by atoms with Gasteiger partial charge in [0.15, 0.2) is 0 Å². The summed E-state index contributed by atoms with van der Waals surface area (Å²) in [5.74, 6) is 0. The number of rotatable bonds is 9. The van der Waals surface area contributed by atoms with Gasteiger partial charge in [-0.2, -0.15) is 0 Å². The minimum atomic E-state index is 0.191. The third-order valence-electron chi connectivity index (χ3n) is 3.82. The van der Waals surface area contributed by atoms with Crippen molar-refractivity contribution in [2.24, 2.45) is 0 Å². The first-order valence-electron chi connectivity index (χ1n) is 7.86. The second-order valence-corrected chi connectivity index (χ2v) is 6.26. The van der Waals surface area contributed by atoms with Gasteiger partial charge in [0.05, 0.1) is 5.38 Å². The molecule has 1 heteroatoms. The van der Waals surface area contributed by atoms with Crippen molar-refractivity contribution in [2.45, 2.75) is 77.5 Å². The van der Waals surface area contributed by atoms with E-state index in [1.807, 2.05) is 0 Å². The van der Waals surface area contributed by atoms with Crippen LogP contribution in [0.3, 0.4) is 0 Å². The fourth-order valence-corrected chi connectivity index (χ4v) is 3.01. The fourth-order valence-electron chi connectivity index (χ4n) is 2.61. The van der Waals surface area contributed by atoms with E-state index < -0.39 is 0 Å². The van der Waals surface area contributed by atoms with Gasteiger partial charge >= 0.3 is 0 Å². The summed E-state index contributed by atoms with van der Waals surface area (Å²) in [6.07, 6.45) is 10.6. The molecule has 0 radical (unpaired) electrons. The lowest BCUT2D eigenvalue weighted by atomic mass is 9.99. The molecule has 0 amide bonds. The van der Waals surface area contributed by atoms with E-state index in [4.69, 9.17) is 11.6 Å². The van der Waals surface area contributed by atoms with E-state index in [1.165, 1.54) is 61.6 Å². The van der Waals surface area contributed by atoms with Crippen LogP contribution < -0.4 is 0 Å². The second-order valence-electron chi connectivity index (χ2n) is 5.74. The van der Waals surface area contributed by atoms with E-state index in [9.17, 15) is 0 Å². The van der Waals surface area contributed by atoms with Crippen molar-refractivity contribution in [3.63, 3.8) is 0 Å². The number of benzene rings is 1. The predicted molar refractivity (Wildman–Crippen MR) is 87.1 cm³/mol. The maximum absolute atomic E-state index is 6.53. The van der Waals surface area contributed by atoms with E-state index in [-0.39, 0.29) is 5.38 Å². The molecule has 1 rings (SSSR count). The summed E-state index contributed by atoms with van der Waals surface area (Å²) < 4.78 is 0. The van der Waals surface area contributed by atoms with Crippen molar-refractivity contribution in [2.75, 3.05) is 0 Å². The van der Waals surface area contributed by atoms with Crippen LogP contribution in [-0.4, -0.2) is 0 Å². The number of halogens is 1. The molecular weight excluding hydrogens is 252 g/mol. The van der Waals surface area contributed by atoms with Gasteiger partial charge in [-0.15, -0.1) is 11.6 Å². The number of aryl methyl sites for hydroxylation is 2. The quantitative estimate of drug-likeness (QED) is 0.348. The Balaban J connectivity index is 2.22. The van der Waals surface area contributed by atoms with E-state index in [2.05, 4.69) is 39.0 Å². The Kier molecular flexibility index (Phi) is 8.21. The Morgan fingerprint density at radius 1 is 0.947 bits per heavy atom. The van der Waals surface area contributed by atoms with Gasteiger partial charge in [-0.05, 0) is 31.4 Å². The normalized spacial score (nSPS) is 12.6. The van der Waals surface area contributed by atoms with Gasteiger partial charge < -0.3 is 0 Å². The van der Waals surface area contributed by atoms with Gasteiger partial charge in [-0.25, -0.2) is 0 Å². The molecule has 0 nitrogen and oxygen atoms in total. The van der Waals surface area contributed by atoms with Crippen LogP contribution in [0, 0.1) is 13.8 Å². The molecule has 1 aromatic carbocycles. The number of unbranched alkanes of at least 4 members (excludes halogenated alkanes) is 6. The molecule has 0 saturated heterocycles. The third-order valence-corrected chi connectivity index (χ3v) is 4.28. The zero-order valence-corrected chi connectivity index (χ0v) is 13.6. The topological polar surface area (TPSA) is 0 Å². The molecule has 0 fully saturated rings. The van der Waals surface area contributed by atoms with Crippen molar-refractivity contribution >= 4 is 11.6 Å². The highest BCUT2D eigenvalue weighted by Gasteiger charge is 2.10. The van der Waals surface area contributed by atoms with Crippen molar-refractivity contribution in [3.05, 3.63) is 34.9 Å². The summed E-state index contributed by atoms with van der Waals surface area (Å²) in [5.41, 5.74) is 3.97. The Morgan fingerprint density at radius 3 is 2.21 bits per heavy atom. The first-order chi connectivity index (χ1) is 9.15. The van der Waals surface area contributed by atoms with Crippen LogP contribution in [0.4, 0.5) is 0 Å². The van der Waals surface area contributed by atoms with Crippen LogP contribution in [0.1, 0.15) is 80.4 Å². The molecule has 1 unspecified atom stereocenters. The molecule has 0 aliphatic carbocycles. The Hall–Kier alpha value is -0.490. The molecule has 0 spiro atoms. The zero-order valence-electron chi connectivity index (χ0n) is 12.8. The molecule has 1 atom stereocenters. The molecule has 0 aromatic heterocycles.